The highest BCUT2D eigenvalue weighted by Crippen LogP contribution is 2.28. The van der Waals surface area contributed by atoms with Gasteiger partial charge in [0.1, 0.15) is 17.9 Å². The minimum atomic E-state index is -0.913. The van der Waals surface area contributed by atoms with Crippen LogP contribution >= 0.6 is 12.4 Å². The van der Waals surface area contributed by atoms with Gasteiger partial charge in [-0.2, -0.15) is 0 Å². The normalized spacial score (nSPS) is 15.2. The number of hydrogen-bond acceptors (Lipinski definition) is 5. The maximum atomic E-state index is 13.9. The molecule has 0 bridgehead atoms. The van der Waals surface area contributed by atoms with Gasteiger partial charge in [-0.15, -0.1) is 12.4 Å². The zero-order chi connectivity index (χ0) is 29.8. The van der Waals surface area contributed by atoms with Crippen molar-refractivity contribution >= 4 is 41.9 Å². The van der Waals surface area contributed by atoms with Crippen LogP contribution in [0.15, 0.2) is 59.6 Å². The third kappa shape index (κ3) is 10.4. The highest BCUT2D eigenvalue weighted by Gasteiger charge is 2.35. The summed E-state index contributed by atoms with van der Waals surface area (Å²) in [4.78, 5) is 43.6. The van der Waals surface area contributed by atoms with Crippen molar-refractivity contribution in [2.24, 2.45) is 33.8 Å². The Morgan fingerprint density at radius 1 is 0.881 bits per heavy atom. The number of hydrogen-bond donors (Lipinski definition) is 7. The van der Waals surface area contributed by atoms with Gasteiger partial charge in [-0.3, -0.25) is 24.8 Å². The van der Waals surface area contributed by atoms with Crippen LogP contribution in [0.25, 0.3) is 0 Å². The number of nitrogens with zero attached hydrogens (tertiary/aromatic N) is 1. The number of nitrogens with two attached hydrogens (primary N) is 4. The Kier molecular flexibility index (Phi) is 13.8. The Bertz CT molecular complexity index is 1210. The third-order valence-corrected chi connectivity index (χ3v) is 7.53. The molecule has 1 saturated carbocycles. The van der Waals surface area contributed by atoms with Crippen LogP contribution < -0.4 is 33.6 Å². The van der Waals surface area contributed by atoms with Gasteiger partial charge in [0, 0.05) is 12.1 Å². The number of carbonyl (C=O) groups is 3. The Morgan fingerprint density at radius 2 is 1.52 bits per heavy atom. The summed E-state index contributed by atoms with van der Waals surface area (Å²) in [5.41, 5.74) is 24.2. The van der Waals surface area contributed by atoms with Gasteiger partial charge in [0.25, 0.3) is 0 Å². The van der Waals surface area contributed by atoms with Crippen molar-refractivity contribution < 1.29 is 14.4 Å². The largest absolute Gasteiger partial charge is 0.384 e. The van der Waals surface area contributed by atoms with Crippen LogP contribution in [0.4, 0.5) is 0 Å². The highest BCUT2D eigenvalue weighted by atomic mass is 35.5. The molecule has 0 saturated heterocycles. The second-order valence-corrected chi connectivity index (χ2v) is 10.6. The van der Waals surface area contributed by atoms with Crippen molar-refractivity contribution in [1.29, 1.82) is 5.41 Å². The maximum absolute atomic E-state index is 13.9. The molecule has 0 spiro atoms. The highest BCUT2D eigenvalue weighted by molar-refractivity contribution is 5.95. The van der Waals surface area contributed by atoms with Gasteiger partial charge in [-0.05, 0) is 49.1 Å². The zero-order valence-corrected chi connectivity index (χ0v) is 24.6. The van der Waals surface area contributed by atoms with E-state index < -0.39 is 29.8 Å². The average Bonchev–Trinajstić information content (AvgIpc) is 2.96. The number of amidine groups is 1. The summed E-state index contributed by atoms with van der Waals surface area (Å²) in [6.07, 6.45) is 5.72. The Balaban J connectivity index is 0.00000616. The van der Waals surface area contributed by atoms with E-state index in [4.69, 9.17) is 28.3 Å². The molecule has 0 heterocycles. The van der Waals surface area contributed by atoms with E-state index >= 15 is 0 Å². The Labute approximate surface area is 253 Å². The summed E-state index contributed by atoms with van der Waals surface area (Å²) in [5, 5.41) is 13.5. The standard InChI is InChI=1S/C30H42N8O3.ClH/c31-26(32)22-15-13-19(14-16-22)18-23(20-8-3-1-4-9-20)28(40)38-25(21-10-5-2-6-11-21)29(41)37-24(27(33)39)12-7-17-36-30(34)35;/h1,3-4,8-9,13-16,21,23-25H,2,5-7,10-12,17-18H2,(H3,31,32)(H2,33,39)(H,37,41)(H,38,40)(H4,34,35,36);1H/t23-,24?,25-;/m0./s1. The number of nitrogens with one attached hydrogen (secondary N) is 3. The predicted octanol–water partition coefficient (Wildman–Crippen LogP) is 1.81. The van der Waals surface area contributed by atoms with E-state index in [-0.39, 0.29) is 42.4 Å². The summed E-state index contributed by atoms with van der Waals surface area (Å²) in [7, 11) is 0. The molecule has 0 aliphatic heterocycles. The van der Waals surface area contributed by atoms with Crippen LogP contribution in [0.1, 0.15) is 67.6 Å². The van der Waals surface area contributed by atoms with Crippen molar-refractivity contribution in [3.8, 4) is 0 Å². The number of primary amides is 1. The molecule has 3 rings (SSSR count). The van der Waals surface area contributed by atoms with Gasteiger partial charge in [-0.1, -0.05) is 73.9 Å². The predicted molar refractivity (Wildman–Crippen MR) is 167 cm³/mol. The van der Waals surface area contributed by atoms with E-state index in [9.17, 15) is 14.4 Å². The van der Waals surface area contributed by atoms with Crippen LogP contribution in [0.5, 0.6) is 0 Å². The summed E-state index contributed by atoms with van der Waals surface area (Å²) in [6.45, 7) is 0.303. The second-order valence-electron chi connectivity index (χ2n) is 10.6. The summed E-state index contributed by atoms with van der Waals surface area (Å²) >= 11 is 0. The van der Waals surface area contributed by atoms with Gasteiger partial charge >= 0.3 is 0 Å². The summed E-state index contributed by atoms with van der Waals surface area (Å²) < 4.78 is 0. The molecule has 1 unspecified atom stereocenters. The van der Waals surface area contributed by atoms with E-state index in [0.29, 0.717) is 24.9 Å². The SMILES string of the molecule is Cl.N=C(N)c1ccc(C[C@H](C(=O)N[C@H](C(=O)NC(CCCN=C(N)N)C(N)=O)C2CCCCC2)c2ccccc2)cc1. The number of amides is 3. The van der Waals surface area contributed by atoms with Crippen LogP contribution in [-0.4, -0.2) is 48.1 Å². The van der Waals surface area contributed by atoms with Crippen LogP contribution in [-0.2, 0) is 20.8 Å². The first-order valence-electron chi connectivity index (χ1n) is 14.1. The molecular weight excluding hydrogens is 556 g/mol. The molecule has 1 aliphatic rings. The van der Waals surface area contributed by atoms with Crippen LogP contribution in [0.2, 0.25) is 0 Å². The molecule has 0 aromatic heterocycles. The third-order valence-electron chi connectivity index (χ3n) is 7.53. The lowest BCUT2D eigenvalue weighted by Crippen LogP contribution is -2.56. The monoisotopic (exact) mass is 598 g/mol. The summed E-state index contributed by atoms with van der Waals surface area (Å²) in [5.74, 6) is -2.06. The molecule has 11 N–H and O–H groups in total. The molecule has 2 aromatic carbocycles. The van der Waals surface area contributed by atoms with Crippen molar-refractivity contribution in [2.45, 2.75) is 69.4 Å². The smallest absolute Gasteiger partial charge is 0.243 e. The minimum absolute atomic E-state index is 0. The first-order valence-corrected chi connectivity index (χ1v) is 14.1. The number of halogens is 1. The van der Waals surface area contributed by atoms with E-state index in [2.05, 4.69) is 15.6 Å². The molecule has 228 valence electrons. The average molecular weight is 599 g/mol. The fourth-order valence-corrected chi connectivity index (χ4v) is 5.27. The van der Waals surface area contributed by atoms with Gasteiger partial charge in [0.05, 0.1) is 5.92 Å². The van der Waals surface area contributed by atoms with E-state index in [1.807, 2.05) is 42.5 Å². The van der Waals surface area contributed by atoms with Gasteiger partial charge in [0.15, 0.2) is 5.96 Å². The zero-order valence-electron chi connectivity index (χ0n) is 23.8. The Morgan fingerprint density at radius 3 is 2.10 bits per heavy atom. The van der Waals surface area contributed by atoms with Crippen LogP contribution in [0, 0.1) is 11.3 Å². The lowest BCUT2D eigenvalue weighted by Gasteiger charge is -2.32. The molecular formula is C30H43ClN8O3. The van der Waals surface area contributed by atoms with Crippen molar-refractivity contribution in [3.63, 3.8) is 0 Å². The fourth-order valence-electron chi connectivity index (χ4n) is 5.27. The van der Waals surface area contributed by atoms with E-state index in [0.717, 1.165) is 43.2 Å². The van der Waals surface area contributed by atoms with E-state index in [1.165, 1.54) is 0 Å². The second kappa shape index (κ2) is 17.0. The topological polar surface area (TPSA) is 216 Å². The van der Waals surface area contributed by atoms with Gasteiger partial charge in [-0.25, -0.2) is 0 Å². The number of aliphatic imine (C=N–C) groups is 1. The lowest BCUT2D eigenvalue weighted by atomic mass is 9.82. The lowest BCUT2D eigenvalue weighted by molar-refractivity contribution is -0.133. The molecule has 42 heavy (non-hydrogen) atoms. The van der Waals surface area contributed by atoms with E-state index in [1.54, 1.807) is 12.1 Å². The number of benzene rings is 2. The number of guanidine groups is 1. The minimum Gasteiger partial charge on any atom is -0.384 e. The van der Waals surface area contributed by atoms with Crippen molar-refractivity contribution in [2.75, 3.05) is 6.54 Å². The van der Waals surface area contributed by atoms with Crippen molar-refractivity contribution in [3.05, 3.63) is 71.3 Å². The van der Waals surface area contributed by atoms with Crippen molar-refractivity contribution in [1.82, 2.24) is 10.6 Å². The molecule has 11 nitrogen and oxygen atoms in total. The molecule has 2 aromatic rings. The molecule has 1 fully saturated rings. The molecule has 0 radical (unpaired) electrons. The Hall–Kier alpha value is -4.12. The summed E-state index contributed by atoms with van der Waals surface area (Å²) in [6, 6.07) is 14.9. The maximum Gasteiger partial charge on any atom is 0.243 e. The molecule has 3 amide bonds. The van der Waals surface area contributed by atoms with Crippen LogP contribution in [0.3, 0.4) is 0 Å². The fraction of sp³-hybridized carbons (Fsp3) is 0.433. The molecule has 1 aliphatic carbocycles. The number of nitrogen functional groups attached to an aromatic ring is 1. The van der Waals surface area contributed by atoms with Gasteiger partial charge < -0.3 is 33.6 Å². The van der Waals surface area contributed by atoms with Gasteiger partial charge in [0.2, 0.25) is 17.7 Å². The number of carbonyl (C=O) groups excluding carboxylic acids is 3. The first-order chi connectivity index (χ1) is 19.7. The number of rotatable bonds is 14. The first kappa shape index (κ1) is 34.1. The quantitative estimate of drug-likeness (QED) is 0.0976. The molecule has 3 atom stereocenters. The molecule has 12 heteroatoms.